The lowest BCUT2D eigenvalue weighted by Gasteiger charge is -2.09. The van der Waals surface area contributed by atoms with Crippen molar-refractivity contribution in [2.24, 2.45) is 0 Å². The molecule has 0 aliphatic heterocycles. The molecule has 0 saturated carbocycles. The van der Waals surface area contributed by atoms with Crippen molar-refractivity contribution in [3.8, 4) is 5.75 Å². The van der Waals surface area contributed by atoms with Crippen LogP contribution in [-0.4, -0.2) is 17.5 Å². The van der Waals surface area contributed by atoms with Crippen molar-refractivity contribution < 1.29 is 9.53 Å². The Morgan fingerprint density at radius 3 is 2.68 bits per heavy atom. The molecule has 19 heavy (non-hydrogen) atoms. The van der Waals surface area contributed by atoms with E-state index in [0.29, 0.717) is 5.82 Å². The van der Waals surface area contributed by atoms with Gasteiger partial charge in [0.15, 0.2) is 6.61 Å². The van der Waals surface area contributed by atoms with Crippen LogP contribution in [0.5, 0.6) is 5.75 Å². The number of hydrogen-bond donors (Lipinski definition) is 1. The quantitative estimate of drug-likeness (QED) is 0.915. The summed E-state index contributed by atoms with van der Waals surface area (Å²) in [6, 6.07) is 13.1. The fraction of sp³-hybridized carbons (Fsp3) is 0.200. The van der Waals surface area contributed by atoms with Crippen LogP contribution < -0.4 is 10.1 Å². The first kappa shape index (κ1) is 13.1. The summed E-state index contributed by atoms with van der Waals surface area (Å²) in [6.45, 7) is 3.79. The highest BCUT2D eigenvalue weighted by molar-refractivity contribution is 5.90. The highest BCUT2D eigenvalue weighted by Crippen LogP contribution is 2.15. The Labute approximate surface area is 112 Å². The number of pyridine rings is 1. The normalized spacial score (nSPS) is 10.0. The first-order chi connectivity index (χ1) is 9.15. The van der Waals surface area contributed by atoms with Crippen molar-refractivity contribution >= 4 is 11.7 Å². The van der Waals surface area contributed by atoms with Crippen molar-refractivity contribution in [1.29, 1.82) is 0 Å². The van der Waals surface area contributed by atoms with Gasteiger partial charge in [0.05, 0.1) is 0 Å². The number of carbonyl (C=O) groups is 1. The van der Waals surface area contributed by atoms with Gasteiger partial charge >= 0.3 is 0 Å². The maximum absolute atomic E-state index is 11.7. The number of para-hydroxylation sites is 1. The minimum atomic E-state index is -0.221. The van der Waals surface area contributed by atoms with E-state index in [9.17, 15) is 4.79 Å². The molecule has 0 spiro atoms. The Kier molecular flexibility index (Phi) is 4.13. The maximum atomic E-state index is 11.7. The number of hydrogen-bond acceptors (Lipinski definition) is 3. The van der Waals surface area contributed by atoms with E-state index >= 15 is 0 Å². The summed E-state index contributed by atoms with van der Waals surface area (Å²) >= 11 is 0. The van der Waals surface area contributed by atoms with Crippen LogP contribution in [0.2, 0.25) is 0 Å². The molecule has 4 heteroatoms. The number of ether oxygens (including phenoxy) is 1. The molecular weight excluding hydrogens is 240 g/mol. The first-order valence-corrected chi connectivity index (χ1v) is 6.07. The van der Waals surface area contributed by atoms with Gasteiger partial charge in [-0.25, -0.2) is 4.98 Å². The van der Waals surface area contributed by atoms with Crippen LogP contribution >= 0.6 is 0 Å². The predicted molar refractivity (Wildman–Crippen MR) is 74.3 cm³/mol. The van der Waals surface area contributed by atoms with Gasteiger partial charge in [-0.05, 0) is 37.6 Å². The second kappa shape index (κ2) is 6.00. The lowest BCUT2D eigenvalue weighted by molar-refractivity contribution is -0.118. The second-order valence-corrected chi connectivity index (χ2v) is 4.27. The highest BCUT2D eigenvalue weighted by atomic mass is 16.5. The zero-order chi connectivity index (χ0) is 13.7. The van der Waals surface area contributed by atoms with E-state index in [1.807, 2.05) is 50.2 Å². The molecule has 1 heterocycles. The van der Waals surface area contributed by atoms with Gasteiger partial charge in [0.2, 0.25) is 0 Å². The molecule has 1 N–H and O–H groups in total. The topological polar surface area (TPSA) is 51.2 Å². The van der Waals surface area contributed by atoms with Gasteiger partial charge in [0, 0.05) is 5.69 Å². The standard InChI is InChI=1S/C15H16N2O2/c1-11-6-3-4-8-13(11)19-10-15(18)17-14-9-5-7-12(2)16-14/h3-9H,10H2,1-2H3,(H,16,17,18). The number of rotatable bonds is 4. The SMILES string of the molecule is Cc1cccc(NC(=O)COc2ccccc2C)n1. The van der Waals surface area contributed by atoms with Crippen LogP contribution in [0.4, 0.5) is 5.82 Å². The van der Waals surface area contributed by atoms with Crippen molar-refractivity contribution in [2.75, 3.05) is 11.9 Å². The zero-order valence-corrected chi connectivity index (χ0v) is 11.0. The van der Waals surface area contributed by atoms with Gasteiger partial charge in [-0.3, -0.25) is 4.79 Å². The molecule has 1 aromatic carbocycles. The number of carbonyl (C=O) groups excluding carboxylic acids is 1. The molecule has 4 nitrogen and oxygen atoms in total. The highest BCUT2D eigenvalue weighted by Gasteiger charge is 2.05. The minimum absolute atomic E-state index is 0.0273. The van der Waals surface area contributed by atoms with Gasteiger partial charge in [0.1, 0.15) is 11.6 Å². The average Bonchev–Trinajstić information content (AvgIpc) is 2.38. The summed E-state index contributed by atoms with van der Waals surface area (Å²) in [5, 5.41) is 2.70. The van der Waals surface area contributed by atoms with E-state index in [1.165, 1.54) is 0 Å². The Hall–Kier alpha value is -2.36. The van der Waals surface area contributed by atoms with E-state index in [2.05, 4.69) is 10.3 Å². The first-order valence-electron chi connectivity index (χ1n) is 6.07. The van der Waals surface area contributed by atoms with E-state index in [1.54, 1.807) is 6.07 Å². The largest absolute Gasteiger partial charge is 0.483 e. The summed E-state index contributed by atoms with van der Waals surface area (Å²) in [6.07, 6.45) is 0. The molecule has 1 aromatic heterocycles. The van der Waals surface area contributed by atoms with Gasteiger partial charge in [-0.1, -0.05) is 24.3 Å². The van der Waals surface area contributed by atoms with Crippen LogP contribution in [0.3, 0.4) is 0 Å². The Bertz CT molecular complexity index is 582. The molecule has 0 aliphatic rings. The predicted octanol–water partition coefficient (Wildman–Crippen LogP) is 2.72. The van der Waals surface area contributed by atoms with Crippen LogP contribution in [0, 0.1) is 13.8 Å². The molecular formula is C15H16N2O2. The number of amides is 1. The van der Waals surface area contributed by atoms with E-state index < -0.39 is 0 Å². The molecule has 0 unspecified atom stereocenters. The molecule has 0 atom stereocenters. The van der Waals surface area contributed by atoms with Crippen molar-refractivity contribution in [3.05, 3.63) is 53.7 Å². The molecule has 0 aliphatic carbocycles. The number of aryl methyl sites for hydroxylation is 2. The molecule has 2 rings (SSSR count). The Balaban J connectivity index is 1.90. The summed E-state index contributed by atoms with van der Waals surface area (Å²) in [7, 11) is 0. The van der Waals surface area contributed by atoms with Crippen LogP contribution in [0.1, 0.15) is 11.3 Å². The smallest absolute Gasteiger partial charge is 0.263 e. The lowest BCUT2D eigenvalue weighted by Crippen LogP contribution is -2.21. The number of anilines is 1. The summed E-state index contributed by atoms with van der Waals surface area (Å²) < 4.78 is 5.46. The summed E-state index contributed by atoms with van der Waals surface area (Å²) in [4.78, 5) is 15.9. The van der Waals surface area contributed by atoms with E-state index in [4.69, 9.17) is 4.74 Å². The maximum Gasteiger partial charge on any atom is 0.263 e. The third-order valence-electron chi connectivity index (χ3n) is 2.61. The fourth-order valence-electron chi connectivity index (χ4n) is 1.65. The van der Waals surface area contributed by atoms with Crippen molar-refractivity contribution in [3.63, 3.8) is 0 Å². The van der Waals surface area contributed by atoms with Gasteiger partial charge in [-0.2, -0.15) is 0 Å². The monoisotopic (exact) mass is 256 g/mol. The van der Waals surface area contributed by atoms with Gasteiger partial charge in [0.25, 0.3) is 5.91 Å². The fourth-order valence-corrected chi connectivity index (χ4v) is 1.65. The number of benzene rings is 1. The van der Waals surface area contributed by atoms with Gasteiger partial charge < -0.3 is 10.1 Å². The molecule has 0 radical (unpaired) electrons. The van der Waals surface area contributed by atoms with Crippen molar-refractivity contribution in [2.45, 2.75) is 13.8 Å². The number of aromatic nitrogens is 1. The average molecular weight is 256 g/mol. The molecule has 1 amide bonds. The zero-order valence-electron chi connectivity index (χ0n) is 11.0. The van der Waals surface area contributed by atoms with Crippen molar-refractivity contribution in [1.82, 2.24) is 4.98 Å². The molecule has 0 saturated heterocycles. The van der Waals surface area contributed by atoms with Gasteiger partial charge in [-0.15, -0.1) is 0 Å². The number of nitrogens with zero attached hydrogens (tertiary/aromatic N) is 1. The Morgan fingerprint density at radius 1 is 1.16 bits per heavy atom. The van der Waals surface area contributed by atoms with E-state index in [0.717, 1.165) is 17.0 Å². The molecule has 98 valence electrons. The van der Waals surface area contributed by atoms with Crippen LogP contribution in [0.25, 0.3) is 0 Å². The summed E-state index contributed by atoms with van der Waals surface area (Å²) in [5.74, 6) is 1.04. The summed E-state index contributed by atoms with van der Waals surface area (Å²) in [5.41, 5.74) is 1.86. The third-order valence-corrected chi connectivity index (χ3v) is 2.61. The lowest BCUT2D eigenvalue weighted by atomic mass is 10.2. The second-order valence-electron chi connectivity index (χ2n) is 4.27. The Morgan fingerprint density at radius 2 is 1.95 bits per heavy atom. The minimum Gasteiger partial charge on any atom is -0.483 e. The molecule has 2 aromatic rings. The molecule has 0 fully saturated rings. The third kappa shape index (κ3) is 3.81. The van der Waals surface area contributed by atoms with Crippen LogP contribution in [-0.2, 0) is 4.79 Å². The number of nitrogens with one attached hydrogen (secondary N) is 1. The van der Waals surface area contributed by atoms with Crippen LogP contribution in [0.15, 0.2) is 42.5 Å². The molecule has 0 bridgehead atoms. The van der Waals surface area contributed by atoms with E-state index in [-0.39, 0.29) is 12.5 Å².